The van der Waals surface area contributed by atoms with Crippen molar-refractivity contribution in [3.05, 3.63) is 29.8 Å². The molecule has 2 saturated heterocycles. The van der Waals surface area contributed by atoms with Crippen molar-refractivity contribution >= 4 is 11.9 Å². The van der Waals surface area contributed by atoms with Crippen molar-refractivity contribution in [3.8, 4) is 11.8 Å². The molecule has 7 nitrogen and oxygen atoms in total. The summed E-state index contributed by atoms with van der Waals surface area (Å²) in [6.07, 6.45) is 1.59. The molecule has 1 N–H and O–H groups in total. The van der Waals surface area contributed by atoms with E-state index in [-0.39, 0.29) is 24.6 Å². The molecular weight excluding hydrogens is 308 g/mol. The van der Waals surface area contributed by atoms with Gasteiger partial charge in [0.15, 0.2) is 6.61 Å². The number of nitriles is 1. The quantitative estimate of drug-likeness (QED) is 0.892. The summed E-state index contributed by atoms with van der Waals surface area (Å²) in [5, 5.41) is 11.7. The second-order valence-corrected chi connectivity index (χ2v) is 5.97. The van der Waals surface area contributed by atoms with Gasteiger partial charge in [0.1, 0.15) is 5.75 Å². The largest absolute Gasteiger partial charge is 0.484 e. The van der Waals surface area contributed by atoms with Gasteiger partial charge in [0.05, 0.1) is 11.6 Å². The highest BCUT2D eigenvalue weighted by Crippen LogP contribution is 2.19. The Bertz CT molecular complexity index is 662. The van der Waals surface area contributed by atoms with E-state index in [4.69, 9.17) is 10.00 Å². The predicted octanol–water partition coefficient (Wildman–Crippen LogP) is 0.953. The van der Waals surface area contributed by atoms with Crippen molar-refractivity contribution in [2.24, 2.45) is 0 Å². The third-order valence-electron chi connectivity index (χ3n) is 4.47. The van der Waals surface area contributed by atoms with Gasteiger partial charge in [-0.05, 0) is 31.0 Å². The van der Waals surface area contributed by atoms with E-state index in [0.717, 1.165) is 19.4 Å². The predicted molar refractivity (Wildman–Crippen MR) is 86.4 cm³/mol. The Kier molecular flexibility index (Phi) is 4.85. The molecule has 1 aromatic rings. The van der Waals surface area contributed by atoms with Gasteiger partial charge in [-0.15, -0.1) is 0 Å². The van der Waals surface area contributed by atoms with E-state index >= 15 is 0 Å². The lowest BCUT2D eigenvalue weighted by molar-refractivity contribution is -0.134. The van der Waals surface area contributed by atoms with Crippen LogP contribution in [0, 0.1) is 11.3 Å². The fraction of sp³-hybridized carbons (Fsp3) is 0.471. The number of hydrogen-bond acceptors (Lipinski definition) is 4. The Balaban J connectivity index is 1.47. The van der Waals surface area contributed by atoms with Crippen LogP contribution < -0.4 is 10.1 Å². The van der Waals surface area contributed by atoms with Crippen molar-refractivity contribution in [2.45, 2.75) is 18.9 Å². The number of piperidine rings is 1. The van der Waals surface area contributed by atoms with Gasteiger partial charge in [-0.2, -0.15) is 5.26 Å². The summed E-state index contributed by atoms with van der Waals surface area (Å²) >= 11 is 0. The van der Waals surface area contributed by atoms with Crippen molar-refractivity contribution in [3.63, 3.8) is 0 Å². The zero-order chi connectivity index (χ0) is 16.9. The zero-order valence-electron chi connectivity index (χ0n) is 13.4. The highest BCUT2D eigenvalue weighted by Gasteiger charge is 2.31. The molecule has 126 valence electrons. The SMILES string of the molecule is N#Cc1cccc(OCC(=O)N2CCC(N3CCNC3=O)CC2)c1. The Morgan fingerprint density at radius 3 is 2.79 bits per heavy atom. The van der Waals surface area contributed by atoms with Gasteiger partial charge in [0, 0.05) is 32.2 Å². The van der Waals surface area contributed by atoms with Crippen LogP contribution in [0.15, 0.2) is 24.3 Å². The number of amides is 3. The Morgan fingerprint density at radius 1 is 1.33 bits per heavy atom. The molecule has 0 saturated carbocycles. The smallest absolute Gasteiger partial charge is 0.317 e. The van der Waals surface area contributed by atoms with Crippen LogP contribution in [0.4, 0.5) is 4.79 Å². The minimum Gasteiger partial charge on any atom is -0.484 e. The van der Waals surface area contributed by atoms with E-state index in [9.17, 15) is 9.59 Å². The summed E-state index contributed by atoms with van der Waals surface area (Å²) in [7, 11) is 0. The van der Waals surface area contributed by atoms with Crippen LogP contribution in [0.1, 0.15) is 18.4 Å². The van der Waals surface area contributed by atoms with Crippen molar-refractivity contribution in [1.82, 2.24) is 15.1 Å². The number of carbonyl (C=O) groups excluding carboxylic acids is 2. The maximum absolute atomic E-state index is 12.3. The minimum absolute atomic E-state index is 0.000449. The molecule has 0 radical (unpaired) electrons. The monoisotopic (exact) mass is 328 g/mol. The Morgan fingerprint density at radius 2 is 2.12 bits per heavy atom. The van der Waals surface area contributed by atoms with Crippen molar-refractivity contribution < 1.29 is 14.3 Å². The molecule has 0 aliphatic carbocycles. The first-order valence-corrected chi connectivity index (χ1v) is 8.12. The molecule has 7 heteroatoms. The van der Waals surface area contributed by atoms with Gasteiger partial charge in [-0.25, -0.2) is 4.79 Å². The number of rotatable bonds is 4. The lowest BCUT2D eigenvalue weighted by Gasteiger charge is -2.36. The number of carbonyl (C=O) groups is 2. The summed E-state index contributed by atoms with van der Waals surface area (Å²) in [6, 6.07) is 9.01. The lowest BCUT2D eigenvalue weighted by atomic mass is 10.0. The molecule has 1 aromatic carbocycles. The molecule has 0 aromatic heterocycles. The minimum atomic E-state index is -0.0679. The van der Waals surface area contributed by atoms with Gasteiger partial charge in [0.25, 0.3) is 5.91 Å². The number of benzene rings is 1. The standard InChI is InChI=1S/C17H20N4O3/c18-11-13-2-1-3-15(10-13)24-12-16(22)20-7-4-14(5-8-20)21-9-6-19-17(21)23/h1-3,10,14H,4-9,12H2,(H,19,23). The molecule has 24 heavy (non-hydrogen) atoms. The highest BCUT2D eigenvalue weighted by molar-refractivity contribution is 5.78. The van der Waals surface area contributed by atoms with Gasteiger partial charge in [-0.3, -0.25) is 4.79 Å². The number of nitrogens with zero attached hydrogens (tertiary/aromatic N) is 3. The number of ether oxygens (including phenoxy) is 1. The lowest BCUT2D eigenvalue weighted by Crippen LogP contribution is -2.48. The number of likely N-dealkylation sites (tertiary alicyclic amines) is 1. The summed E-state index contributed by atoms with van der Waals surface area (Å²) in [5.74, 6) is 0.452. The normalized spacial score (nSPS) is 18.2. The summed E-state index contributed by atoms with van der Waals surface area (Å²) in [4.78, 5) is 27.6. The average molecular weight is 328 g/mol. The fourth-order valence-electron chi connectivity index (χ4n) is 3.15. The third kappa shape index (κ3) is 3.59. The highest BCUT2D eigenvalue weighted by atomic mass is 16.5. The van der Waals surface area contributed by atoms with E-state index in [1.165, 1.54) is 0 Å². The Labute approximate surface area is 140 Å². The van der Waals surface area contributed by atoms with E-state index in [0.29, 0.717) is 30.9 Å². The van der Waals surface area contributed by atoms with Gasteiger partial charge < -0.3 is 19.9 Å². The van der Waals surface area contributed by atoms with Gasteiger partial charge in [-0.1, -0.05) is 6.07 Å². The molecule has 3 amide bonds. The van der Waals surface area contributed by atoms with Crippen LogP contribution in [0.25, 0.3) is 0 Å². The van der Waals surface area contributed by atoms with E-state index in [2.05, 4.69) is 5.32 Å². The molecule has 2 aliphatic heterocycles. The summed E-state index contributed by atoms with van der Waals surface area (Å²) in [6.45, 7) is 2.68. The van der Waals surface area contributed by atoms with E-state index < -0.39 is 0 Å². The third-order valence-corrected chi connectivity index (χ3v) is 4.47. The van der Waals surface area contributed by atoms with Crippen molar-refractivity contribution in [2.75, 3.05) is 32.8 Å². The van der Waals surface area contributed by atoms with Crippen LogP contribution in [-0.2, 0) is 4.79 Å². The molecular formula is C17H20N4O3. The number of urea groups is 1. The zero-order valence-corrected chi connectivity index (χ0v) is 13.4. The molecule has 0 bridgehead atoms. The van der Waals surface area contributed by atoms with E-state index in [1.54, 1.807) is 29.2 Å². The summed E-state index contributed by atoms with van der Waals surface area (Å²) < 4.78 is 5.49. The first kappa shape index (κ1) is 16.1. The Hall–Kier alpha value is -2.75. The first-order chi connectivity index (χ1) is 11.7. The first-order valence-electron chi connectivity index (χ1n) is 8.12. The maximum atomic E-state index is 12.3. The van der Waals surface area contributed by atoms with Gasteiger partial charge in [0.2, 0.25) is 0 Å². The summed E-state index contributed by atoms with van der Waals surface area (Å²) in [5.41, 5.74) is 0.504. The average Bonchev–Trinajstić information content (AvgIpc) is 3.06. The molecule has 0 spiro atoms. The molecule has 2 fully saturated rings. The second kappa shape index (κ2) is 7.21. The van der Waals surface area contributed by atoms with Crippen LogP contribution in [0.3, 0.4) is 0 Å². The van der Waals surface area contributed by atoms with Crippen LogP contribution >= 0.6 is 0 Å². The molecule has 0 unspecified atom stereocenters. The number of hydrogen-bond donors (Lipinski definition) is 1. The molecule has 0 atom stereocenters. The van der Waals surface area contributed by atoms with Crippen LogP contribution in [0.2, 0.25) is 0 Å². The van der Waals surface area contributed by atoms with Crippen LogP contribution in [0.5, 0.6) is 5.75 Å². The molecule has 3 rings (SSSR count). The number of nitrogens with one attached hydrogen (secondary N) is 1. The topological polar surface area (TPSA) is 85.7 Å². The van der Waals surface area contributed by atoms with Gasteiger partial charge >= 0.3 is 6.03 Å². The fourth-order valence-corrected chi connectivity index (χ4v) is 3.15. The molecule has 2 heterocycles. The van der Waals surface area contributed by atoms with Crippen LogP contribution in [-0.4, -0.2) is 60.6 Å². The van der Waals surface area contributed by atoms with Crippen molar-refractivity contribution in [1.29, 1.82) is 5.26 Å². The second-order valence-electron chi connectivity index (χ2n) is 5.97. The van der Waals surface area contributed by atoms with E-state index in [1.807, 2.05) is 11.0 Å². The maximum Gasteiger partial charge on any atom is 0.317 e. The molecule has 2 aliphatic rings.